The van der Waals surface area contributed by atoms with Gasteiger partial charge in [0.05, 0.1) is 18.1 Å². The van der Waals surface area contributed by atoms with E-state index in [2.05, 4.69) is 12.6 Å². The van der Waals surface area contributed by atoms with Crippen molar-refractivity contribution in [3.05, 3.63) is 35.4 Å². The summed E-state index contributed by atoms with van der Waals surface area (Å²) in [7, 11) is 0. The van der Waals surface area contributed by atoms with Crippen LogP contribution in [0.1, 0.15) is 11.1 Å². The maximum absolute atomic E-state index is 12.1. The molecular weight excluding hydrogens is 213 g/mol. The predicted octanol–water partition coefficient (Wildman–Crippen LogP) is 3.11. The Morgan fingerprint density at radius 3 is 2.14 bits per heavy atom. The average molecular weight is 222 g/mol. The van der Waals surface area contributed by atoms with Gasteiger partial charge in [-0.15, -0.1) is 0 Å². The Bertz CT molecular complexity index is 281. The molecule has 0 unspecified atom stereocenters. The first-order valence-electron chi connectivity index (χ1n) is 3.89. The van der Waals surface area contributed by atoms with Crippen molar-refractivity contribution in [2.24, 2.45) is 0 Å². The second-order valence-corrected chi connectivity index (χ2v) is 2.93. The molecule has 0 spiro atoms. The molecule has 0 saturated heterocycles. The van der Waals surface area contributed by atoms with Crippen LogP contribution in [0.3, 0.4) is 0 Å². The number of ether oxygens (including phenoxy) is 1. The Morgan fingerprint density at radius 1 is 1.14 bits per heavy atom. The predicted molar refractivity (Wildman–Crippen MR) is 50.1 cm³/mol. The minimum Gasteiger partial charge on any atom is -0.366 e. The molecule has 0 aliphatic carbocycles. The second kappa shape index (κ2) is 4.70. The van der Waals surface area contributed by atoms with Crippen molar-refractivity contribution in [2.45, 2.75) is 12.8 Å². The van der Waals surface area contributed by atoms with Gasteiger partial charge >= 0.3 is 6.18 Å². The summed E-state index contributed by atoms with van der Waals surface area (Å²) >= 11 is 3.81. The molecule has 0 bridgehead atoms. The molecule has 0 aliphatic heterocycles. The van der Waals surface area contributed by atoms with Crippen molar-refractivity contribution in [2.75, 3.05) is 5.94 Å². The van der Waals surface area contributed by atoms with Gasteiger partial charge in [-0.2, -0.15) is 25.8 Å². The fourth-order valence-corrected chi connectivity index (χ4v) is 1.04. The van der Waals surface area contributed by atoms with E-state index < -0.39 is 11.7 Å². The maximum Gasteiger partial charge on any atom is 0.416 e. The summed E-state index contributed by atoms with van der Waals surface area (Å²) in [5.41, 5.74) is 0.0548. The number of thiol groups is 1. The minimum absolute atomic E-state index is 0.251. The zero-order chi connectivity index (χ0) is 10.6. The average Bonchev–Trinajstić information content (AvgIpc) is 2.14. The molecule has 0 heterocycles. The van der Waals surface area contributed by atoms with Crippen molar-refractivity contribution < 1.29 is 17.9 Å². The number of halogens is 3. The van der Waals surface area contributed by atoms with Crippen molar-refractivity contribution in [3.63, 3.8) is 0 Å². The van der Waals surface area contributed by atoms with Gasteiger partial charge in [-0.1, -0.05) is 12.1 Å². The second-order valence-electron chi connectivity index (χ2n) is 2.67. The van der Waals surface area contributed by atoms with E-state index in [1.165, 1.54) is 12.1 Å². The Hall–Kier alpha value is -0.680. The van der Waals surface area contributed by atoms with E-state index in [0.29, 0.717) is 5.56 Å². The third-order valence-electron chi connectivity index (χ3n) is 1.64. The van der Waals surface area contributed by atoms with Crippen molar-refractivity contribution >= 4 is 12.6 Å². The Kier molecular flexibility index (Phi) is 3.83. The summed E-state index contributed by atoms with van der Waals surface area (Å²) in [5.74, 6) is 0.251. The highest BCUT2D eigenvalue weighted by molar-refractivity contribution is 7.80. The molecule has 0 amide bonds. The van der Waals surface area contributed by atoms with E-state index in [0.717, 1.165) is 12.1 Å². The smallest absolute Gasteiger partial charge is 0.366 e. The van der Waals surface area contributed by atoms with E-state index in [-0.39, 0.29) is 12.5 Å². The zero-order valence-corrected chi connectivity index (χ0v) is 8.11. The summed E-state index contributed by atoms with van der Waals surface area (Å²) in [5, 5.41) is 0. The van der Waals surface area contributed by atoms with Crippen LogP contribution in [0.25, 0.3) is 0 Å². The van der Waals surface area contributed by atoms with Gasteiger partial charge in [-0.05, 0) is 17.7 Å². The molecule has 78 valence electrons. The Morgan fingerprint density at radius 2 is 1.71 bits per heavy atom. The molecule has 0 aromatic heterocycles. The summed E-state index contributed by atoms with van der Waals surface area (Å²) in [6.07, 6.45) is -4.27. The highest BCUT2D eigenvalue weighted by Crippen LogP contribution is 2.29. The van der Waals surface area contributed by atoms with Crippen LogP contribution in [0.15, 0.2) is 24.3 Å². The number of hydrogen-bond donors (Lipinski definition) is 1. The molecule has 1 aromatic carbocycles. The lowest BCUT2D eigenvalue weighted by atomic mass is 10.1. The summed E-state index contributed by atoms with van der Waals surface area (Å²) < 4.78 is 41.3. The monoisotopic (exact) mass is 222 g/mol. The van der Waals surface area contributed by atoms with Crippen LogP contribution < -0.4 is 0 Å². The van der Waals surface area contributed by atoms with Crippen LogP contribution >= 0.6 is 12.6 Å². The molecule has 0 radical (unpaired) electrons. The summed E-state index contributed by atoms with van der Waals surface area (Å²) in [6.45, 7) is 0.279. The van der Waals surface area contributed by atoms with E-state index in [4.69, 9.17) is 4.74 Å². The van der Waals surface area contributed by atoms with Crippen LogP contribution in [-0.2, 0) is 17.5 Å². The highest BCUT2D eigenvalue weighted by atomic mass is 32.1. The number of hydrogen-bond acceptors (Lipinski definition) is 2. The number of alkyl halides is 3. The van der Waals surface area contributed by atoms with E-state index in [1.54, 1.807) is 0 Å². The molecule has 1 rings (SSSR count). The normalized spacial score (nSPS) is 11.7. The van der Waals surface area contributed by atoms with E-state index in [9.17, 15) is 13.2 Å². The number of benzene rings is 1. The van der Waals surface area contributed by atoms with Crippen LogP contribution in [0, 0.1) is 0 Å². The summed E-state index contributed by atoms with van der Waals surface area (Å²) in [6, 6.07) is 4.87. The first-order chi connectivity index (χ1) is 6.54. The lowest BCUT2D eigenvalue weighted by Gasteiger charge is -2.07. The SMILES string of the molecule is FC(F)(F)c1ccc(COCS)cc1. The maximum atomic E-state index is 12.1. The first kappa shape index (κ1) is 11.4. The van der Waals surface area contributed by atoms with Crippen LogP contribution in [0.2, 0.25) is 0 Å². The van der Waals surface area contributed by atoms with E-state index in [1.807, 2.05) is 0 Å². The van der Waals surface area contributed by atoms with E-state index >= 15 is 0 Å². The van der Waals surface area contributed by atoms with Gasteiger partial charge in [0.1, 0.15) is 0 Å². The third kappa shape index (κ3) is 3.23. The molecular formula is C9H9F3OS. The largest absolute Gasteiger partial charge is 0.416 e. The van der Waals surface area contributed by atoms with Gasteiger partial charge in [-0.25, -0.2) is 0 Å². The lowest BCUT2D eigenvalue weighted by Crippen LogP contribution is -2.04. The molecule has 0 atom stereocenters. The number of rotatable bonds is 3. The highest BCUT2D eigenvalue weighted by Gasteiger charge is 2.29. The van der Waals surface area contributed by atoms with Gasteiger partial charge in [0.25, 0.3) is 0 Å². The fraction of sp³-hybridized carbons (Fsp3) is 0.333. The van der Waals surface area contributed by atoms with Gasteiger partial charge < -0.3 is 4.74 Å². The standard InChI is InChI=1S/C9H9F3OS/c10-9(11,12)8-3-1-7(2-4-8)5-13-6-14/h1-4,14H,5-6H2. The Labute approximate surface area is 85.3 Å². The topological polar surface area (TPSA) is 9.23 Å². The molecule has 1 nitrogen and oxygen atoms in total. The Balaban J connectivity index is 2.69. The van der Waals surface area contributed by atoms with Crippen molar-refractivity contribution in [3.8, 4) is 0 Å². The van der Waals surface area contributed by atoms with Gasteiger partial charge in [0.15, 0.2) is 0 Å². The molecule has 0 saturated carbocycles. The first-order valence-corrected chi connectivity index (χ1v) is 4.52. The quantitative estimate of drug-likeness (QED) is 0.610. The molecule has 0 N–H and O–H groups in total. The van der Waals surface area contributed by atoms with Crippen LogP contribution in [0.4, 0.5) is 13.2 Å². The fourth-order valence-electron chi connectivity index (χ4n) is 0.953. The molecule has 0 aliphatic rings. The van der Waals surface area contributed by atoms with Crippen molar-refractivity contribution in [1.29, 1.82) is 0 Å². The minimum atomic E-state index is -4.27. The third-order valence-corrected chi connectivity index (χ3v) is 1.82. The van der Waals surface area contributed by atoms with Crippen molar-refractivity contribution in [1.82, 2.24) is 0 Å². The molecule has 0 fully saturated rings. The molecule has 1 aromatic rings. The molecule has 5 heteroatoms. The summed E-state index contributed by atoms with van der Waals surface area (Å²) in [4.78, 5) is 0. The van der Waals surface area contributed by atoms with Gasteiger partial charge in [-0.3, -0.25) is 0 Å². The van der Waals surface area contributed by atoms with Crippen LogP contribution in [0.5, 0.6) is 0 Å². The molecule has 14 heavy (non-hydrogen) atoms. The lowest BCUT2D eigenvalue weighted by molar-refractivity contribution is -0.137. The van der Waals surface area contributed by atoms with Gasteiger partial charge in [0.2, 0.25) is 0 Å². The zero-order valence-electron chi connectivity index (χ0n) is 7.21. The van der Waals surface area contributed by atoms with Crippen LogP contribution in [-0.4, -0.2) is 5.94 Å². The van der Waals surface area contributed by atoms with Gasteiger partial charge in [0, 0.05) is 0 Å².